The van der Waals surface area contributed by atoms with Gasteiger partial charge in [-0.25, -0.2) is 9.18 Å². The number of carbonyl (C=O) groups is 2. The molecule has 0 radical (unpaired) electrons. The zero-order valence-electron chi connectivity index (χ0n) is 10.3. The lowest BCUT2D eigenvalue weighted by atomic mass is 10.2. The molecule has 1 heterocycles. The van der Waals surface area contributed by atoms with Crippen molar-refractivity contribution in [1.82, 2.24) is 0 Å². The predicted octanol–water partition coefficient (Wildman–Crippen LogP) is 2.38. The average Bonchev–Trinajstić information content (AvgIpc) is 2.91. The molecule has 0 unspecified atom stereocenters. The smallest absolute Gasteiger partial charge is 0.371 e. The van der Waals surface area contributed by atoms with Crippen LogP contribution in [0, 0.1) is 5.82 Å². The van der Waals surface area contributed by atoms with Crippen molar-refractivity contribution in [2.75, 3.05) is 12.4 Å². The zero-order valence-corrected chi connectivity index (χ0v) is 10.3. The van der Waals surface area contributed by atoms with E-state index in [-0.39, 0.29) is 17.2 Å². The summed E-state index contributed by atoms with van der Waals surface area (Å²) in [7, 11) is 1.41. The second-order valence-corrected chi connectivity index (χ2v) is 3.77. The number of halogens is 1. The summed E-state index contributed by atoms with van der Waals surface area (Å²) >= 11 is 0. The molecule has 20 heavy (non-hydrogen) atoms. The van der Waals surface area contributed by atoms with E-state index in [2.05, 4.69) is 5.32 Å². The Bertz CT molecular complexity index is 665. The standard InChI is InChI=1S/C13H10FNO5/c1-19-7-2-3-8(14)9(6-7)15-12(16)10-4-5-11(20-10)13(17)18/h2-6H,1H3,(H,15,16)(H,17,18). The maximum atomic E-state index is 13.5. The maximum Gasteiger partial charge on any atom is 0.371 e. The number of hydrogen-bond acceptors (Lipinski definition) is 4. The van der Waals surface area contributed by atoms with Crippen LogP contribution in [0.2, 0.25) is 0 Å². The van der Waals surface area contributed by atoms with Gasteiger partial charge in [0.1, 0.15) is 11.6 Å². The van der Waals surface area contributed by atoms with Crippen LogP contribution in [-0.2, 0) is 0 Å². The normalized spacial score (nSPS) is 10.1. The van der Waals surface area contributed by atoms with E-state index in [9.17, 15) is 14.0 Å². The van der Waals surface area contributed by atoms with Gasteiger partial charge in [-0.1, -0.05) is 0 Å². The summed E-state index contributed by atoms with van der Waals surface area (Å²) < 4.78 is 23.2. The van der Waals surface area contributed by atoms with Gasteiger partial charge in [-0.3, -0.25) is 4.79 Å². The summed E-state index contributed by atoms with van der Waals surface area (Å²) in [5.41, 5.74) is -0.0948. The van der Waals surface area contributed by atoms with Gasteiger partial charge in [0, 0.05) is 6.07 Å². The number of aromatic carboxylic acids is 1. The van der Waals surface area contributed by atoms with Crippen LogP contribution in [0.5, 0.6) is 5.75 Å². The lowest BCUT2D eigenvalue weighted by Gasteiger charge is -2.06. The number of rotatable bonds is 4. The van der Waals surface area contributed by atoms with Crippen LogP contribution >= 0.6 is 0 Å². The number of carboxylic acid groups (broad SMARTS) is 1. The second-order valence-electron chi connectivity index (χ2n) is 3.77. The molecule has 6 nitrogen and oxygen atoms in total. The van der Waals surface area contributed by atoms with E-state index in [0.29, 0.717) is 5.75 Å². The van der Waals surface area contributed by atoms with Crippen molar-refractivity contribution in [3.05, 3.63) is 47.7 Å². The summed E-state index contributed by atoms with van der Waals surface area (Å²) in [4.78, 5) is 22.4. The Labute approximate surface area is 112 Å². The number of furan rings is 1. The summed E-state index contributed by atoms with van der Waals surface area (Å²) in [5, 5.41) is 11.0. The van der Waals surface area contributed by atoms with Crippen LogP contribution in [0.15, 0.2) is 34.7 Å². The number of anilines is 1. The molecule has 104 valence electrons. The lowest BCUT2D eigenvalue weighted by molar-refractivity contribution is 0.0660. The van der Waals surface area contributed by atoms with Crippen LogP contribution in [0.1, 0.15) is 21.1 Å². The molecule has 0 fully saturated rings. The first-order valence-electron chi connectivity index (χ1n) is 5.49. The highest BCUT2D eigenvalue weighted by Crippen LogP contribution is 2.22. The highest BCUT2D eigenvalue weighted by Gasteiger charge is 2.16. The van der Waals surface area contributed by atoms with E-state index in [1.807, 2.05) is 0 Å². The van der Waals surface area contributed by atoms with Crippen LogP contribution in [-0.4, -0.2) is 24.1 Å². The quantitative estimate of drug-likeness (QED) is 0.896. The minimum Gasteiger partial charge on any atom is -0.497 e. The van der Waals surface area contributed by atoms with E-state index in [1.54, 1.807) is 0 Å². The van der Waals surface area contributed by atoms with E-state index in [4.69, 9.17) is 14.3 Å². The number of hydrogen-bond donors (Lipinski definition) is 2. The molecule has 1 aromatic carbocycles. The Kier molecular flexibility index (Phi) is 3.69. The van der Waals surface area contributed by atoms with Gasteiger partial charge in [-0.05, 0) is 24.3 Å². The maximum absolute atomic E-state index is 13.5. The SMILES string of the molecule is COc1ccc(F)c(NC(=O)c2ccc(C(=O)O)o2)c1. The van der Waals surface area contributed by atoms with Crippen molar-refractivity contribution in [2.45, 2.75) is 0 Å². The summed E-state index contributed by atoms with van der Waals surface area (Å²) in [5.74, 6) is -2.94. The third kappa shape index (κ3) is 2.77. The minimum absolute atomic E-state index is 0.0948. The van der Waals surface area contributed by atoms with E-state index < -0.39 is 17.7 Å². The van der Waals surface area contributed by atoms with Gasteiger partial charge < -0.3 is 19.6 Å². The minimum atomic E-state index is -1.29. The largest absolute Gasteiger partial charge is 0.497 e. The Morgan fingerprint density at radius 2 is 1.95 bits per heavy atom. The van der Waals surface area contributed by atoms with E-state index in [1.165, 1.54) is 25.3 Å². The van der Waals surface area contributed by atoms with Gasteiger partial charge in [-0.2, -0.15) is 0 Å². The number of methoxy groups -OCH3 is 1. The number of benzene rings is 1. The van der Waals surface area contributed by atoms with Gasteiger partial charge in [-0.15, -0.1) is 0 Å². The zero-order chi connectivity index (χ0) is 14.7. The van der Waals surface area contributed by atoms with E-state index >= 15 is 0 Å². The molecular weight excluding hydrogens is 269 g/mol. The summed E-state index contributed by atoms with van der Waals surface area (Å²) in [6.07, 6.45) is 0. The number of carbonyl (C=O) groups excluding carboxylic acids is 1. The number of amides is 1. The Morgan fingerprint density at radius 3 is 2.55 bits per heavy atom. The molecule has 0 aliphatic heterocycles. The molecule has 2 aromatic rings. The van der Waals surface area contributed by atoms with Crippen molar-refractivity contribution in [2.24, 2.45) is 0 Å². The van der Waals surface area contributed by atoms with Crippen LogP contribution in [0.25, 0.3) is 0 Å². The Hall–Kier alpha value is -2.83. The van der Waals surface area contributed by atoms with Crippen LogP contribution in [0.4, 0.5) is 10.1 Å². The monoisotopic (exact) mass is 279 g/mol. The molecule has 0 atom stereocenters. The molecule has 0 aliphatic carbocycles. The van der Waals surface area contributed by atoms with E-state index in [0.717, 1.165) is 12.1 Å². The van der Waals surface area contributed by atoms with Crippen molar-refractivity contribution < 1.29 is 28.2 Å². The summed E-state index contributed by atoms with van der Waals surface area (Å²) in [6.45, 7) is 0. The first kappa shape index (κ1) is 13.6. The van der Waals surface area contributed by atoms with Gasteiger partial charge in [0.05, 0.1) is 12.8 Å². The second kappa shape index (κ2) is 5.43. The molecule has 0 bridgehead atoms. The number of ether oxygens (including phenoxy) is 1. The fourth-order valence-corrected chi connectivity index (χ4v) is 1.49. The van der Waals surface area contributed by atoms with Crippen molar-refractivity contribution in [3.8, 4) is 5.75 Å². The summed E-state index contributed by atoms with van der Waals surface area (Å²) in [6, 6.07) is 6.17. The first-order valence-corrected chi connectivity index (χ1v) is 5.49. The molecule has 7 heteroatoms. The van der Waals surface area contributed by atoms with Gasteiger partial charge in [0.15, 0.2) is 5.76 Å². The van der Waals surface area contributed by atoms with Crippen LogP contribution < -0.4 is 10.1 Å². The molecule has 1 aromatic heterocycles. The first-order chi connectivity index (χ1) is 9.51. The predicted molar refractivity (Wildman–Crippen MR) is 66.6 cm³/mol. The van der Waals surface area contributed by atoms with Crippen LogP contribution in [0.3, 0.4) is 0 Å². The van der Waals surface area contributed by atoms with Gasteiger partial charge in [0.2, 0.25) is 5.76 Å². The molecule has 0 aliphatic rings. The van der Waals surface area contributed by atoms with Crippen molar-refractivity contribution in [3.63, 3.8) is 0 Å². The Morgan fingerprint density at radius 1 is 1.25 bits per heavy atom. The third-order valence-electron chi connectivity index (χ3n) is 2.46. The van der Waals surface area contributed by atoms with Crippen molar-refractivity contribution in [1.29, 1.82) is 0 Å². The van der Waals surface area contributed by atoms with Gasteiger partial charge >= 0.3 is 5.97 Å². The third-order valence-corrected chi connectivity index (χ3v) is 2.46. The molecule has 1 amide bonds. The molecule has 0 saturated heterocycles. The topological polar surface area (TPSA) is 88.8 Å². The number of carboxylic acids is 1. The van der Waals surface area contributed by atoms with Gasteiger partial charge in [0.25, 0.3) is 5.91 Å². The fraction of sp³-hybridized carbons (Fsp3) is 0.0769. The highest BCUT2D eigenvalue weighted by molar-refractivity contribution is 6.03. The average molecular weight is 279 g/mol. The molecular formula is C13H10FNO5. The molecule has 0 spiro atoms. The fourth-order valence-electron chi connectivity index (χ4n) is 1.49. The Balaban J connectivity index is 2.20. The molecule has 2 rings (SSSR count). The molecule has 2 N–H and O–H groups in total. The van der Waals surface area contributed by atoms with Crippen molar-refractivity contribution >= 4 is 17.6 Å². The highest BCUT2D eigenvalue weighted by atomic mass is 19.1. The number of nitrogens with one attached hydrogen (secondary N) is 1. The lowest BCUT2D eigenvalue weighted by Crippen LogP contribution is -2.12. The molecule has 0 saturated carbocycles.